The zero-order valence-corrected chi connectivity index (χ0v) is 9.42. The maximum Gasteiger partial charge on any atom is 0.0637 e. The van der Waals surface area contributed by atoms with E-state index in [1.54, 1.807) is 0 Å². The van der Waals surface area contributed by atoms with E-state index in [4.69, 9.17) is 4.74 Å². The first kappa shape index (κ1) is 11.0. The maximum atomic E-state index is 9.59. The Morgan fingerprint density at radius 3 is 1.85 bits per heavy atom. The molecule has 0 radical (unpaired) electrons. The highest BCUT2D eigenvalue weighted by molar-refractivity contribution is 4.89. The van der Waals surface area contributed by atoms with Crippen molar-refractivity contribution < 1.29 is 9.84 Å². The monoisotopic (exact) mass is 186 g/mol. The minimum Gasteiger partial charge on any atom is -0.393 e. The summed E-state index contributed by atoms with van der Waals surface area (Å²) in [4.78, 5) is 0. The van der Waals surface area contributed by atoms with Gasteiger partial charge < -0.3 is 9.84 Å². The van der Waals surface area contributed by atoms with Gasteiger partial charge >= 0.3 is 0 Å². The van der Waals surface area contributed by atoms with Crippen LogP contribution in [0, 0.1) is 5.92 Å². The number of rotatable bonds is 1. The van der Waals surface area contributed by atoms with Crippen molar-refractivity contribution in [2.45, 2.75) is 64.8 Å². The third-order valence-corrected chi connectivity index (χ3v) is 2.74. The molecule has 0 saturated carbocycles. The van der Waals surface area contributed by atoms with E-state index in [0.29, 0.717) is 5.92 Å². The molecule has 1 rings (SSSR count). The molecule has 13 heavy (non-hydrogen) atoms. The van der Waals surface area contributed by atoms with Crippen molar-refractivity contribution in [2.24, 2.45) is 5.92 Å². The summed E-state index contributed by atoms with van der Waals surface area (Å²) in [6.45, 7) is 10.3. The summed E-state index contributed by atoms with van der Waals surface area (Å²) in [6, 6.07) is 0. The highest BCUT2D eigenvalue weighted by Crippen LogP contribution is 2.39. The molecular formula is C11H22O2. The van der Waals surface area contributed by atoms with Gasteiger partial charge in [0.25, 0.3) is 0 Å². The second kappa shape index (κ2) is 3.25. The molecule has 0 bridgehead atoms. The van der Waals surface area contributed by atoms with Crippen molar-refractivity contribution in [3.63, 3.8) is 0 Å². The van der Waals surface area contributed by atoms with E-state index in [-0.39, 0.29) is 17.3 Å². The van der Waals surface area contributed by atoms with E-state index in [1.165, 1.54) is 0 Å². The Hall–Kier alpha value is -0.0800. The Bertz CT molecular complexity index is 167. The number of aliphatic hydroxyl groups is 1. The topological polar surface area (TPSA) is 29.5 Å². The molecule has 0 aromatic heterocycles. The van der Waals surface area contributed by atoms with E-state index in [1.807, 2.05) is 6.92 Å². The van der Waals surface area contributed by atoms with Crippen LogP contribution in [-0.4, -0.2) is 22.4 Å². The molecule has 2 heteroatoms. The molecule has 1 fully saturated rings. The van der Waals surface area contributed by atoms with E-state index in [0.717, 1.165) is 12.8 Å². The van der Waals surface area contributed by atoms with Gasteiger partial charge in [0.05, 0.1) is 17.3 Å². The zero-order valence-electron chi connectivity index (χ0n) is 9.42. The van der Waals surface area contributed by atoms with Crippen molar-refractivity contribution >= 4 is 0 Å². The summed E-state index contributed by atoms with van der Waals surface area (Å²) >= 11 is 0. The summed E-state index contributed by atoms with van der Waals surface area (Å²) in [7, 11) is 0. The molecule has 1 saturated heterocycles. The summed E-state index contributed by atoms with van der Waals surface area (Å²) in [5.74, 6) is 0.374. The first-order chi connectivity index (χ1) is 5.72. The van der Waals surface area contributed by atoms with Crippen LogP contribution in [0.3, 0.4) is 0 Å². The van der Waals surface area contributed by atoms with Gasteiger partial charge in [-0.15, -0.1) is 0 Å². The Labute approximate surface area is 81.3 Å². The van der Waals surface area contributed by atoms with Crippen LogP contribution in [0.1, 0.15) is 47.5 Å². The van der Waals surface area contributed by atoms with Crippen LogP contribution in [0.5, 0.6) is 0 Å². The molecule has 0 aromatic carbocycles. The van der Waals surface area contributed by atoms with Gasteiger partial charge in [0.2, 0.25) is 0 Å². The molecule has 1 heterocycles. The smallest absolute Gasteiger partial charge is 0.0637 e. The Morgan fingerprint density at radius 2 is 1.54 bits per heavy atom. The average molecular weight is 186 g/mol. The third kappa shape index (κ3) is 2.96. The van der Waals surface area contributed by atoms with Gasteiger partial charge in [-0.2, -0.15) is 0 Å². The van der Waals surface area contributed by atoms with E-state index in [9.17, 15) is 5.11 Å². The fourth-order valence-corrected chi connectivity index (χ4v) is 2.51. The number of aliphatic hydroxyl groups excluding tert-OH is 1. The predicted octanol–water partition coefficient (Wildman–Crippen LogP) is 2.35. The Kier molecular flexibility index (Phi) is 2.75. The fourth-order valence-electron chi connectivity index (χ4n) is 2.51. The van der Waals surface area contributed by atoms with Crippen LogP contribution in [0.15, 0.2) is 0 Å². The minimum absolute atomic E-state index is 0.0938. The molecular weight excluding hydrogens is 164 g/mol. The van der Waals surface area contributed by atoms with Gasteiger partial charge in [-0.05, 0) is 53.4 Å². The van der Waals surface area contributed by atoms with Crippen LogP contribution in [-0.2, 0) is 4.74 Å². The molecule has 78 valence electrons. The number of hydrogen-bond acceptors (Lipinski definition) is 2. The second-order valence-corrected chi connectivity index (χ2v) is 5.53. The third-order valence-electron chi connectivity index (χ3n) is 2.74. The summed E-state index contributed by atoms with van der Waals surface area (Å²) < 4.78 is 5.93. The van der Waals surface area contributed by atoms with Crippen molar-refractivity contribution in [3.8, 4) is 0 Å². The number of ether oxygens (including phenoxy) is 1. The lowest BCUT2D eigenvalue weighted by atomic mass is 9.78. The van der Waals surface area contributed by atoms with Crippen LogP contribution >= 0.6 is 0 Å². The Morgan fingerprint density at radius 1 is 1.15 bits per heavy atom. The summed E-state index contributed by atoms with van der Waals surface area (Å²) in [6.07, 6.45) is 1.68. The normalized spacial score (nSPS) is 30.0. The van der Waals surface area contributed by atoms with Crippen molar-refractivity contribution in [1.29, 1.82) is 0 Å². The molecule has 1 N–H and O–H groups in total. The minimum atomic E-state index is -0.220. The molecule has 0 spiro atoms. The van der Waals surface area contributed by atoms with Gasteiger partial charge in [0.15, 0.2) is 0 Å². The first-order valence-corrected chi connectivity index (χ1v) is 5.10. The van der Waals surface area contributed by atoms with Crippen molar-refractivity contribution in [3.05, 3.63) is 0 Å². The zero-order chi connectivity index (χ0) is 10.3. The molecule has 0 aromatic rings. The van der Waals surface area contributed by atoms with Crippen LogP contribution < -0.4 is 0 Å². The van der Waals surface area contributed by atoms with Gasteiger partial charge in [0, 0.05) is 0 Å². The second-order valence-electron chi connectivity index (χ2n) is 5.53. The molecule has 1 aliphatic rings. The molecule has 2 nitrogen and oxygen atoms in total. The summed E-state index contributed by atoms with van der Waals surface area (Å²) in [5, 5.41) is 9.59. The van der Waals surface area contributed by atoms with Gasteiger partial charge in [-0.25, -0.2) is 0 Å². The highest BCUT2D eigenvalue weighted by atomic mass is 16.5. The predicted molar refractivity (Wildman–Crippen MR) is 53.6 cm³/mol. The standard InChI is InChI=1S/C11H22O2/c1-8(12)9-6-10(2,3)13-11(4,5)7-9/h8-9,12H,6-7H2,1-5H3/t8-/m1/s1. The fraction of sp³-hybridized carbons (Fsp3) is 1.00. The molecule has 0 amide bonds. The van der Waals surface area contributed by atoms with Crippen LogP contribution in [0.25, 0.3) is 0 Å². The molecule has 0 aliphatic carbocycles. The molecule has 0 unspecified atom stereocenters. The van der Waals surface area contributed by atoms with Crippen molar-refractivity contribution in [1.82, 2.24) is 0 Å². The van der Waals surface area contributed by atoms with Crippen molar-refractivity contribution in [2.75, 3.05) is 0 Å². The largest absolute Gasteiger partial charge is 0.393 e. The first-order valence-electron chi connectivity index (χ1n) is 5.10. The van der Waals surface area contributed by atoms with Gasteiger partial charge in [-0.1, -0.05) is 0 Å². The maximum absolute atomic E-state index is 9.59. The lowest BCUT2D eigenvalue weighted by molar-refractivity contribution is -0.183. The average Bonchev–Trinajstić information content (AvgIpc) is 1.79. The Balaban J connectivity index is 2.72. The SMILES string of the molecule is C[C@@H](O)C1CC(C)(C)OC(C)(C)C1. The number of hydrogen-bond donors (Lipinski definition) is 1. The molecule has 1 aliphatic heterocycles. The van der Waals surface area contributed by atoms with E-state index in [2.05, 4.69) is 27.7 Å². The lowest BCUT2D eigenvalue weighted by Crippen LogP contribution is -2.47. The molecule has 1 atom stereocenters. The highest BCUT2D eigenvalue weighted by Gasteiger charge is 2.40. The van der Waals surface area contributed by atoms with Gasteiger partial charge in [0.1, 0.15) is 0 Å². The van der Waals surface area contributed by atoms with E-state index >= 15 is 0 Å². The van der Waals surface area contributed by atoms with Gasteiger partial charge in [-0.3, -0.25) is 0 Å². The van der Waals surface area contributed by atoms with Crippen LogP contribution in [0.2, 0.25) is 0 Å². The lowest BCUT2D eigenvalue weighted by Gasteiger charge is -2.46. The quantitative estimate of drug-likeness (QED) is 0.681. The summed E-state index contributed by atoms with van der Waals surface area (Å²) in [5.41, 5.74) is -0.188. The van der Waals surface area contributed by atoms with Crippen LogP contribution in [0.4, 0.5) is 0 Å². The van der Waals surface area contributed by atoms with E-state index < -0.39 is 0 Å².